The number of rotatable bonds is 4. The van der Waals surface area contributed by atoms with Crippen LogP contribution in [-0.2, 0) is 22.4 Å². The summed E-state index contributed by atoms with van der Waals surface area (Å²) < 4.78 is 0. The Morgan fingerprint density at radius 1 is 0.800 bits per heavy atom. The molecule has 3 aromatic carbocycles. The number of nitrogens with zero attached hydrogens (tertiary/aromatic N) is 1. The maximum Gasteiger partial charge on any atom is 0.260 e. The normalized spacial score (nSPS) is 14.2. The predicted octanol–water partition coefficient (Wildman–Crippen LogP) is 3.81. The molecule has 0 saturated carbocycles. The van der Waals surface area contributed by atoms with Crippen molar-refractivity contribution in [3.63, 3.8) is 0 Å². The first-order valence-electron chi connectivity index (χ1n) is 10.0. The van der Waals surface area contributed by atoms with E-state index in [0.717, 1.165) is 23.2 Å². The molecule has 0 fully saturated rings. The van der Waals surface area contributed by atoms with Gasteiger partial charge in [0.15, 0.2) is 0 Å². The standard InChI is InChI=1S/C25H20N2O3/c28-23(11-12-27-24(29)14-17-6-2-4-8-21(17)25(27)30)26-19-10-9-18-13-16-5-1-3-7-20(16)22(18)15-19/h1-10,15H,11-14H2,(H,26,28). The van der Waals surface area contributed by atoms with Crippen molar-refractivity contribution in [2.24, 2.45) is 0 Å². The average Bonchev–Trinajstić information content (AvgIpc) is 3.11. The van der Waals surface area contributed by atoms with Gasteiger partial charge < -0.3 is 5.32 Å². The molecule has 30 heavy (non-hydrogen) atoms. The third kappa shape index (κ3) is 3.18. The fraction of sp³-hybridized carbons (Fsp3) is 0.160. The van der Waals surface area contributed by atoms with Crippen LogP contribution in [0.5, 0.6) is 0 Å². The van der Waals surface area contributed by atoms with Crippen molar-refractivity contribution in [3.05, 3.63) is 89.0 Å². The number of hydrogen-bond donors (Lipinski definition) is 1. The number of hydrogen-bond acceptors (Lipinski definition) is 3. The van der Waals surface area contributed by atoms with Gasteiger partial charge in [-0.3, -0.25) is 19.3 Å². The highest BCUT2D eigenvalue weighted by atomic mass is 16.2. The predicted molar refractivity (Wildman–Crippen MR) is 114 cm³/mol. The maximum absolute atomic E-state index is 12.6. The molecule has 3 aromatic rings. The number of anilines is 1. The van der Waals surface area contributed by atoms with Crippen molar-refractivity contribution in [2.75, 3.05) is 11.9 Å². The van der Waals surface area contributed by atoms with Crippen molar-refractivity contribution in [3.8, 4) is 11.1 Å². The van der Waals surface area contributed by atoms with Crippen molar-refractivity contribution in [1.29, 1.82) is 0 Å². The molecule has 5 heteroatoms. The van der Waals surface area contributed by atoms with Crippen LogP contribution in [0.3, 0.4) is 0 Å². The van der Waals surface area contributed by atoms with Gasteiger partial charge in [0, 0.05) is 24.2 Å². The van der Waals surface area contributed by atoms with E-state index in [-0.39, 0.29) is 37.1 Å². The second-order valence-corrected chi connectivity index (χ2v) is 7.69. The number of imide groups is 1. The molecular formula is C25H20N2O3. The van der Waals surface area contributed by atoms with Gasteiger partial charge in [-0.1, -0.05) is 48.5 Å². The molecule has 1 heterocycles. The molecule has 2 aliphatic rings. The molecule has 0 saturated heterocycles. The number of nitrogens with one attached hydrogen (secondary N) is 1. The van der Waals surface area contributed by atoms with Crippen molar-refractivity contribution in [2.45, 2.75) is 19.3 Å². The van der Waals surface area contributed by atoms with Crippen LogP contribution in [0.1, 0.15) is 33.5 Å². The topological polar surface area (TPSA) is 66.5 Å². The molecule has 1 N–H and O–H groups in total. The highest BCUT2D eigenvalue weighted by Gasteiger charge is 2.30. The third-order valence-corrected chi connectivity index (χ3v) is 5.78. The number of carbonyl (C=O) groups excluding carboxylic acids is 3. The Morgan fingerprint density at radius 2 is 1.47 bits per heavy atom. The van der Waals surface area contributed by atoms with Crippen molar-refractivity contribution >= 4 is 23.4 Å². The fourth-order valence-electron chi connectivity index (χ4n) is 4.26. The van der Waals surface area contributed by atoms with E-state index in [0.29, 0.717) is 5.56 Å². The number of amides is 3. The molecule has 0 atom stereocenters. The van der Waals surface area contributed by atoms with Crippen LogP contribution < -0.4 is 5.32 Å². The van der Waals surface area contributed by atoms with Gasteiger partial charge in [0.2, 0.25) is 11.8 Å². The van der Waals surface area contributed by atoms with Gasteiger partial charge in [0.1, 0.15) is 0 Å². The lowest BCUT2D eigenvalue weighted by Crippen LogP contribution is -2.43. The van der Waals surface area contributed by atoms with Gasteiger partial charge in [-0.05, 0) is 52.4 Å². The first-order chi connectivity index (χ1) is 14.6. The molecule has 5 rings (SSSR count). The summed E-state index contributed by atoms with van der Waals surface area (Å²) >= 11 is 0. The molecule has 1 aliphatic carbocycles. The summed E-state index contributed by atoms with van der Waals surface area (Å²) in [6.45, 7) is 0.0750. The summed E-state index contributed by atoms with van der Waals surface area (Å²) in [7, 11) is 0. The fourth-order valence-corrected chi connectivity index (χ4v) is 4.26. The first kappa shape index (κ1) is 18.3. The van der Waals surface area contributed by atoms with E-state index in [4.69, 9.17) is 0 Å². The van der Waals surface area contributed by atoms with Gasteiger partial charge in [-0.25, -0.2) is 0 Å². The molecule has 0 spiro atoms. The van der Waals surface area contributed by atoms with E-state index >= 15 is 0 Å². The number of carbonyl (C=O) groups is 3. The lowest BCUT2D eigenvalue weighted by atomic mass is 9.98. The van der Waals surface area contributed by atoms with Crippen LogP contribution in [0.15, 0.2) is 66.7 Å². The van der Waals surface area contributed by atoms with Crippen LogP contribution in [-0.4, -0.2) is 29.2 Å². The van der Waals surface area contributed by atoms with Crippen molar-refractivity contribution < 1.29 is 14.4 Å². The second-order valence-electron chi connectivity index (χ2n) is 7.69. The first-order valence-corrected chi connectivity index (χ1v) is 10.0. The zero-order valence-electron chi connectivity index (χ0n) is 16.4. The summed E-state index contributed by atoms with van der Waals surface area (Å²) in [6, 6.07) is 21.3. The average molecular weight is 396 g/mol. The van der Waals surface area contributed by atoms with E-state index in [1.165, 1.54) is 21.6 Å². The lowest BCUT2D eigenvalue weighted by molar-refractivity contribution is -0.128. The van der Waals surface area contributed by atoms with Crippen LogP contribution in [0.2, 0.25) is 0 Å². The molecule has 0 aromatic heterocycles. The van der Waals surface area contributed by atoms with Crippen LogP contribution >= 0.6 is 0 Å². The quantitative estimate of drug-likeness (QED) is 0.534. The summed E-state index contributed by atoms with van der Waals surface area (Å²) in [5.41, 5.74) is 6.88. The van der Waals surface area contributed by atoms with Gasteiger partial charge in [-0.15, -0.1) is 0 Å². The molecule has 5 nitrogen and oxygen atoms in total. The molecule has 1 aliphatic heterocycles. The molecule has 148 valence electrons. The molecular weight excluding hydrogens is 376 g/mol. The van der Waals surface area contributed by atoms with Crippen LogP contribution in [0.25, 0.3) is 11.1 Å². The minimum absolute atomic E-state index is 0.0628. The highest BCUT2D eigenvalue weighted by molar-refractivity contribution is 6.10. The Morgan fingerprint density at radius 3 is 2.27 bits per heavy atom. The maximum atomic E-state index is 12.6. The van der Waals surface area contributed by atoms with E-state index in [9.17, 15) is 14.4 Å². The van der Waals surface area contributed by atoms with Gasteiger partial charge >= 0.3 is 0 Å². The summed E-state index contributed by atoms with van der Waals surface area (Å²) in [6.07, 6.45) is 1.15. The van der Waals surface area contributed by atoms with E-state index in [1.807, 2.05) is 36.4 Å². The minimum atomic E-state index is -0.330. The minimum Gasteiger partial charge on any atom is -0.326 e. The Bertz CT molecular complexity index is 1200. The Balaban J connectivity index is 1.26. The highest BCUT2D eigenvalue weighted by Crippen LogP contribution is 2.37. The molecule has 0 unspecified atom stereocenters. The SMILES string of the molecule is O=C(CCN1C(=O)Cc2ccccc2C1=O)Nc1ccc2c(c1)-c1ccccc1C2. The number of benzene rings is 3. The van der Waals surface area contributed by atoms with Gasteiger partial charge in [-0.2, -0.15) is 0 Å². The lowest BCUT2D eigenvalue weighted by Gasteiger charge is -2.26. The zero-order chi connectivity index (χ0) is 20.7. The third-order valence-electron chi connectivity index (χ3n) is 5.78. The molecule has 0 radical (unpaired) electrons. The van der Waals surface area contributed by atoms with E-state index in [1.54, 1.807) is 18.2 Å². The monoisotopic (exact) mass is 396 g/mol. The summed E-state index contributed by atoms with van der Waals surface area (Å²) in [5, 5.41) is 2.90. The smallest absolute Gasteiger partial charge is 0.260 e. The van der Waals surface area contributed by atoms with E-state index < -0.39 is 0 Å². The largest absolute Gasteiger partial charge is 0.326 e. The Hall–Kier alpha value is -3.73. The van der Waals surface area contributed by atoms with Gasteiger partial charge in [0.05, 0.1) is 6.42 Å². The van der Waals surface area contributed by atoms with Gasteiger partial charge in [0.25, 0.3) is 5.91 Å². The Kier molecular flexibility index (Phi) is 4.43. The van der Waals surface area contributed by atoms with Crippen LogP contribution in [0, 0.1) is 0 Å². The molecule has 0 bridgehead atoms. The van der Waals surface area contributed by atoms with Crippen molar-refractivity contribution in [1.82, 2.24) is 4.90 Å². The molecule has 3 amide bonds. The second kappa shape index (κ2) is 7.26. The zero-order valence-corrected chi connectivity index (χ0v) is 16.4. The Labute approximate surface area is 174 Å². The van der Waals surface area contributed by atoms with Crippen LogP contribution in [0.4, 0.5) is 5.69 Å². The number of fused-ring (bicyclic) bond motifs is 4. The summed E-state index contributed by atoms with van der Waals surface area (Å²) in [4.78, 5) is 38.7. The van der Waals surface area contributed by atoms with E-state index in [2.05, 4.69) is 17.4 Å². The summed E-state index contributed by atoms with van der Waals surface area (Å²) in [5.74, 6) is -0.815.